The molecule has 0 radical (unpaired) electrons. The molecule has 3 nitrogen and oxygen atoms in total. The lowest BCUT2D eigenvalue weighted by Gasteiger charge is -2.03. The highest BCUT2D eigenvalue weighted by Crippen LogP contribution is 2.08. The zero-order valence-electron chi connectivity index (χ0n) is 8.64. The van der Waals surface area contributed by atoms with Gasteiger partial charge in [-0.15, -0.1) is 0 Å². The maximum absolute atomic E-state index is 5.55. The summed E-state index contributed by atoms with van der Waals surface area (Å²) in [5, 5.41) is 0. The number of hydrogen-bond donors (Lipinski definition) is 0. The van der Waals surface area contributed by atoms with Crippen LogP contribution in [-0.2, 0) is 18.0 Å². The van der Waals surface area contributed by atoms with Gasteiger partial charge in [-0.05, 0) is 27.6 Å². The van der Waals surface area contributed by atoms with Gasteiger partial charge in [0.25, 0.3) is 0 Å². The van der Waals surface area contributed by atoms with Crippen molar-refractivity contribution in [2.75, 3.05) is 0 Å². The molecule has 0 atom stereocenters. The molecule has 1 aromatic heterocycles. The van der Waals surface area contributed by atoms with Crippen LogP contribution in [0.2, 0.25) is 0 Å². The van der Waals surface area contributed by atoms with Crippen molar-refractivity contribution < 1.29 is 4.74 Å². The maximum Gasteiger partial charge on any atom is 0.117 e. The molecule has 2 aromatic rings. The first kappa shape index (κ1) is 11.2. The molecule has 0 amide bonds. The van der Waals surface area contributed by atoms with Crippen LogP contribution in [0.25, 0.3) is 0 Å². The highest BCUT2D eigenvalue weighted by Gasteiger charge is 1.97. The van der Waals surface area contributed by atoms with Crippen molar-refractivity contribution in [2.45, 2.75) is 13.2 Å². The maximum atomic E-state index is 5.55. The van der Waals surface area contributed by atoms with Crippen molar-refractivity contribution in [3.63, 3.8) is 0 Å². The Kier molecular flexibility index (Phi) is 4.02. The van der Waals surface area contributed by atoms with Gasteiger partial charge in [-0.3, -0.25) is 0 Å². The van der Waals surface area contributed by atoms with Gasteiger partial charge in [-0.1, -0.05) is 30.3 Å². The molecule has 0 N–H and O–H groups in total. The summed E-state index contributed by atoms with van der Waals surface area (Å²) in [4.78, 5) is 8.06. The van der Waals surface area contributed by atoms with Gasteiger partial charge in [0, 0.05) is 0 Å². The second kappa shape index (κ2) is 5.72. The average molecular weight is 279 g/mol. The lowest BCUT2D eigenvalue weighted by atomic mass is 10.2. The van der Waals surface area contributed by atoms with Crippen LogP contribution in [0, 0.1) is 0 Å². The zero-order chi connectivity index (χ0) is 11.2. The predicted octanol–water partition coefficient (Wildman–Crippen LogP) is 2.96. The number of benzene rings is 1. The lowest BCUT2D eigenvalue weighted by Crippen LogP contribution is -1.97. The molecular formula is C12H11BrN2O. The molecule has 1 aromatic carbocycles. The molecule has 0 bridgehead atoms. The van der Waals surface area contributed by atoms with Crippen LogP contribution >= 0.6 is 15.9 Å². The van der Waals surface area contributed by atoms with Crippen LogP contribution in [0.5, 0.6) is 0 Å². The Hall–Kier alpha value is -1.26. The Bertz CT molecular complexity index is 448. The summed E-state index contributed by atoms with van der Waals surface area (Å²) in [6.07, 6.45) is 1.52. The van der Waals surface area contributed by atoms with E-state index in [4.69, 9.17) is 4.74 Å². The molecule has 0 aliphatic heterocycles. The molecular weight excluding hydrogens is 268 g/mol. The zero-order valence-corrected chi connectivity index (χ0v) is 10.2. The third-order valence-corrected chi connectivity index (χ3v) is 2.49. The van der Waals surface area contributed by atoms with E-state index in [1.165, 1.54) is 6.33 Å². The van der Waals surface area contributed by atoms with Crippen LogP contribution in [0.4, 0.5) is 0 Å². The summed E-state index contributed by atoms with van der Waals surface area (Å²) >= 11 is 3.29. The summed E-state index contributed by atoms with van der Waals surface area (Å²) < 4.78 is 6.33. The van der Waals surface area contributed by atoms with Gasteiger partial charge in [0.05, 0.1) is 18.9 Å². The van der Waals surface area contributed by atoms with Crippen LogP contribution in [0.1, 0.15) is 11.3 Å². The van der Waals surface area contributed by atoms with E-state index >= 15 is 0 Å². The van der Waals surface area contributed by atoms with E-state index in [1.807, 2.05) is 36.4 Å². The minimum absolute atomic E-state index is 0.496. The number of aromatic nitrogens is 2. The Morgan fingerprint density at radius 3 is 2.62 bits per heavy atom. The van der Waals surface area contributed by atoms with E-state index in [1.54, 1.807) is 0 Å². The Morgan fingerprint density at radius 1 is 1.06 bits per heavy atom. The standard InChI is InChI=1S/C12H11BrN2O/c13-12-6-11(14-9-15-12)8-16-7-10-4-2-1-3-5-10/h1-6,9H,7-8H2. The van der Waals surface area contributed by atoms with Gasteiger partial charge < -0.3 is 4.74 Å². The van der Waals surface area contributed by atoms with E-state index in [-0.39, 0.29) is 0 Å². The first-order chi connectivity index (χ1) is 7.84. The van der Waals surface area contributed by atoms with Crippen molar-refractivity contribution in [1.29, 1.82) is 0 Å². The topological polar surface area (TPSA) is 35.0 Å². The fourth-order valence-electron chi connectivity index (χ4n) is 1.30. The molecule has 0 saturated heterocycles. The summed E-state index contributed by atoms with van der Waals surface area (Å²) in [7, 11) is 0. The van der Waals surface area contributed by atoms with Gasteiger partial charge in [-0.2, -0.15) is 0 Å². The Balaban J connectivity index is 1.85. The number of ether oxygens (including phenoxy) is 1. The molecule has 1 heterocycles. The van der Waals surface area contributed by atoms with Crippen molar-refractivity contribution >= 4 is 15.9 Å². The molecule has 0 saturated carbocycles. The van der Waals surface area contributed by atoms with E-state index in [9.17, 15) is 0 Å². The quantitative estimate of drug-likeness (QED) is 0.807. The minimum atomic E-state index is 0.496. The first-order valence-electron chi connectivity index (χ1n) is 4.93. The Labute approximate surface area is 103 Å². The molecule has 0 fully saturated rings. The fourth-order valence-corrected chi connectivity index (χ4v) is 1.65. The SMILES string of the molecule is Brc1cc(COCc2ccccc2)ncn1. The van der Waals surface area contributed by atoms with Crippen molar-refractivity contribution in [3.8, 4) is 0 Å². The second-order valence-electron chi connectivity index (χ2n) is 3.31. The number of rotatable bonds is 4. The molecule has 0 aliphatic rings. The van der Waals surface area contributed by atoms with Crippen molar-refractivity contribution in [2.24, 2.45) is 0 Å². The van der Waals surface area contributed by atoms with Crippen LogP contribution in [0.3, 0.4) is 0 Å². The molecule has 82 valence electrons. The second-order valence-corrected chi connectivity index (χ2v) is 4.12. The fraction of sp³-hybridized carbons (Fsp3) is 0.167. The smallest absolute Gasteiger partial charge is 0.117 e. The summed E-state index contributed by atoms with van der Waals surface area (Å²) in [6, 6.07) is 11.9. The van der Waals surface area contributed by atoms with Gasteiger partial charge in [0.2, 0.25) is 0 Å². The van der Waals surface area contributed by atoms with Crippen molar-refractivity contribution in [1.82, 2.24) is 9.97 Å². The number of nitrogens with zero attached hydrogens (tertiary/aromatic N) is 2. The van der Waals surface area contributed by atoms with Gasteiger partial charge >= 0.3 is 0 Å². The first-order valence-corrected chi connectivity index (χ1v) is 5.72. The minimum Gasteiger partial charge on any atom is -0.370 e. The van der Waals surface area contributed by atoms with E-state index in [0.717, 1.165) is 15.9 Å². The molecule has 2 rings (SSSR count). The largest absolute Gasteiger partial charge is 0.370 e. The number of halogens is 1. The summed E-state index contributed by atoms with van der Waals surface area (Å²) in [5.74, 6) is 0. The van der Waals surface area contributed by atoms with Crippen LogP contribution in [-0.4, -0.2) is 9.97 Å². The molecule has 16 heavy (non-hydrogen) atoms. The number of hydrogen-bond acceptors (Lipinski definition) is 3. The monoisotopic (exact) mass is 278 g/mol. The van der Waals surface area contributed by atoms with Crippen LogP contribution < -0.4 is 0 Å². The molecule has 0 spiro atoms. The van der Waals surface area contributed by atoms with Gasteiger partial charge in [0.15, 0.2) is 0 Å². The molecule has 0 aliphatic carbocycles. The normalized spacial score (nSPS) is 10.3. The average Bonchev–Trinajstić information content (AvgIpc) is 2.30. The van der Waals surface area contributed by atoms with E-state index < -0.39 is 0 Å². The third-order valence-electron chi connectivity index (χ3n) is 2.05. The summed E-state index contributed by atoms with van der Waals surface area (Å²) in [5.41, 5.74) is 2.04. The molecule has 4 heteroatoms. The highest BCUT2D eigenvalue weighted by molar-refractivity contribution is 9.10. The van der Waals surface area contributed by atoms with Gasteiger partial charge in [-0.25, -0.2) is 9.97 Å². The Morgan fingerprint density at radius 2 is 1.88 bits per heavy atom. The van der Waals surface area contributed by atoms with Crippen LogP contribution in [0.15, 0.2) is 47.3 Å². The highest BCUT2D eigenvalue weighted by atomic mass is 79.9. The predicted molar refractivity (Wildman–Crippen MR) is 64.7 cm³/mol. The van der Waals surface area contributed by atoms with Gasteiger partial charge in [0.1, 0.15) is 10.9 Å². The van der Waals surface area contributed by atoms with E-state index in [0.29, 0.717) is 13.2 Å². The molecule has 0 unspecified atom stereocenters. The lowest BCUT2D eigenvalue weighted by molar-refractivity contribution is 0.104. The van der Waals surface area contributed by atoms with Crippen molar-refractivity contribution in [3.05, 3.63) is 58.6 Å². The summed E-state index contributed by atoms with van der Waals surface area (Å²) in [6.45, 7) is 1.10. The third kappa shape index (κ3) is 3.40. The van der Waals surface area contributed by atoms with E-state index in [2.05, 4.69) is 25.9 Å².